The van der Waals surface area contributed by atoms with Gasteiger partial charge in [-0.3, -0.25) is 9.59 Å². The molecule has 2 aliphatic rings. The number of aromatic nitrogens is 2. The molecule has 2 aliphatic heterocycles. The van der Waals surface area contributed by atoms with Crippen LogP contribution in [0.25, 0.3) is 11.0 Å². The molecule has 4 rings (SSSR count). The second kappa shape index (κ2) is 9.63. The number of fused-ring (bicyclic) bond motifs is 1. The lowest BCUT2D eigenvalue weighted by atomic mass is 9.97. The van der Waals surface area contributed by atoms with E-state index in [1.54, 1.807) is 0 Å². The Balaban J connectivity index is 1.53. The fourth-order valence-electron chi connectivity index (χ4n) is 5.12. The maximum Gasteiger partial charge on any atom is 0.243 e. The summed E-state index contributed by atoms with van der Waals surface area (Å²) in [5.74, 6) is 0.666. The van der Waals surface area contributed by atoms with Gasteiger partial charge in [0.2, 0.25) is 11.8 Å². The highest BCUT2D eigenvalue weighted by atomic mass is 32.2. The summed E-state index contributed by atoms with van der Waals surface area (Å²) in [5.41, 5.74) is 1.82. The third kappa shape index (κ3) is 4.76. The predicted molar refractivity (Wildman–Crippen MR) is 125 cm³/mol. The van der Waals surface area contributed by atoms with Crippen molar-refractivity contribution < 1.29 is 9.59 Å². The van der Waals surface area contributed by atoms with Crippen LogP contribution >= 0.6 is 11.8 Å². The highest BCUT2D eigenvalue weighted by molar-refractivity contribution is 7.99. The molecule has 2 amide bonds. The molecule has 31 heavy (non-hydrogen) atoms. The molecule has 7 heteroatoms. The Morgan fingerprint density at radius 3 is 2.42 bits per heavy atom. The Kier molecular flexibility index (Phi) is 6.89. The van der Waals surface area contributed by atoms with Gasteiger partial charge in [0.1, 0.15) is 6.54 Å². The van der Waals surface area contributed by atoms with Gasteiger partial charge in [0, 0.05) is 24.7 Å². The first-order valence-electron chi connectivity index (χ1n) is 11.6. The van der Waals surface area contributed by atoms with Gasteiger partial charge in [0.25, 0.3) is 0 Å². The zero-order valence-electron chi connectivity index (χ0n) is 18.9. The first-order valence-corrected chi connectivity index (χ1v) is 12.6. The lowest BCUT2D eigenvalue weighted by Gasteiger charge is -2.39. The first kappa shape index (κ1) is 22.2. The van der Waals surface area contributed by atoms with E-state index in [0.717, 1.165) is 48.4 Å². The van der Waals surface area contributed by atoms with Crippen molar-refractivity contribution in [3.63, 3.8) is 0 Å². The number of benzene rings is 1. The van der Waals surface area contributed by atoms with E-state index in [1.165, 1.54) is 24.6 Å². The van der Waals surface area contributed by atoms with Gasteiger partial charge in [-0.05, 0) is 71.4 Å². The summed E-state index contributed by atoms with van der Waals surface area (Å²) in [4.78, 5) is 35.0. The van der Waals surface area contributed by atoms with Gasteiger partial charge in [-0.15, -0.1) is 0 Å². The number of para-hydroxylation sites is 2. The smallest absolute Gasteiger partial charge is 0.243 e. The number of rotatable bonds is 5. The minimum absolute atomic E-state index is 0.140. The third-order valence-electron chi connectivity index (χ3n) is 6.84. The summed E-state index contributed by atoms with van der Waals surface area (Å²) in [7, 11) is 0. The van der Waals surface area contributed by atoms with E-state index in [2.05, 4.69) is 20.8 Å². The van der Waals surface area contributed by atoms with Crippen LogP contribution < -0.4 is 0 Å². The maximum absolute atomic E-state index is 13.3. The van der Waals surface area contributed by atoms with Gasteiger partial charge >= 0.3 is 0 Å². The lowest BCUT2D eigenvalue weighted by Crippen LogP contribution is -2.48. The molecule has 0 bridgehead atoms. The molecule has 0 unspecified atom stereocenters. The minimum Gasteiger partial charge on any atom is -0.339 e. The van der Waals surface area contributed by atoms with Gasteiger partial charge in [-0.2, -0.15) is 0 Å². The Morgan fingerprint density at radius 1 is 0.968 bits per heavy atom. The van der Waals surface area contributed by atoms with Gasteiger partial charge in [0.15, 0.2) is 5.16 Å². The van der Waals surface area contributed by atoms with Crippen LogP contribution in [0.2, 0.25) is 0 Å². The monoisotopic (exact) mass is 442 g/mol. The van der Waals surface area contributed by atoms with Crippen LogP contribution in [-0.2, 0) is 16.1 Å². The normalized spacial score (nSPS) is 24.5. The molecule has 6 nitrogen and oxygen atoms in total. The summed E-state index contributed by atoms with van der Waals surface area (Å²) in [6, 6.07) is 8.77. The van der Waals surface area contributed by atoms with Gasteiger partial charge in [-0.1, -0.05) is 23.9 Å². The first-order chi connectivity index (χ1) is 15.0. The third-order valence-corrected chi connectivity index (χ3v) is 7.80. The standard InChI is InChI=1S/C24H34N4O2S/c1-17-9-6-7-14-26(17)23(30)16-31-24-25-20-12-4-5-13-21(20)27(24)15-22(29)28-18(2)10-8-11-19(28)3/h4-5,12-13,17-19H,6-11,14-16H2,1-3H3/t17-,18-,19+/m0/s1. The molecule has 3 atom stereocenters. The molecule has 2 aromatic rings. The van der Waals surface area contributed by atoms with Crippen LogP contribution in [0.15, 0.2) is 29.4 Å². The molecule has 1 aromatic carbocycles. The average molecular weight is 443 g/mol. The number of nitrogens with zero attached hydrogens (tertiary/aromatic N) is 4. The van der Waals surface area contributed by atoms with Crippen molar-refractivity contribution >= 4 is 34.6 Å². The zero-order chi connectivity index (χ0) is 22.0. The molecule has 2 saturated heterocycles. The molecule has 0 spiro atoms. The predicted octanol–water partition coefficient (Wildman–Crippen LogP) is 4.32. The molecule has 168 valence electrons. The Morgan fingerprint density at radius 2 is 1.68 bits per heavy atom. The highest BCUT2D eigenvalue weighted by Gasteiger charge is 2.30. The molecule has 0 N–H and O–H groups in total. The van der Waals surface area contributed by atoms with E-state index in [1.807, 2.05) is 38.6 Å². The number of hydrogen-bond acceptors (Lipinski definition) is 4. The molecule has 0 radical (unpaired) electrons. The van der Waals surface area contributed by atoms with Crippen molar-refractivity contribution in [3.8, 4) is 0 Å². The molecular weight excluding hydrogens is 408 g/mol. The van der Waals surface area contributed by atoms with Crippen molar-refractivity contribution in [2.45, 2.75) is 89.1 Å². The van der Waals surface area contributed by atoms with Crippen LogP contribution in [-0.4, -0.2) is 61.6 Å². The number of carbonyl (C=O) groups is 2. The van der Waals surface area contributed by atoms with Crippen LogP contribution in [0.5, 0.6) is 0 Å². The number of piperidine rings is 2. The summed E-state index contributed by atoms with van der Waals surface area (Å²) < 4.78 is 2.00. The number of amides is 2. The molecule has 2 fully saturated rings. The molecule has 1 aromatic heterocycles. The molecule has 0 aliphatic carbocycles. The fourth-order valence-corrected chi connectivity index (χ4v) is 6.02. The quantitative estimate of drug-likeness (QED) is 0.647. The van der Waals surface area contributed by atoms with E-state index in [0.29, 0.717) is 11.8 Å². The van der Waals surface area contributed by atoms with E-state index in [-0.39, 0.29) is 30.4 Å². The van der Waals surface area contributed by atoms with E-state index in [9.17, 15) is 9.59 Å². The number of thioether (sulfide) groups is 1. The van der Waals surface area contributed by atoms with E-state index >= 15 is 0 Å². The summed E-state index contributed by atoms with van der Waals surface area (Å²) in [6.07, 6.45) is 6.66. The zero-order valence-corrected chi connectivity index (χ0v) is 19.7. The second-order valence-corrected chi connectivity index (χ2v) is 10.1. The largest absolute Gasteiger partial charge is 0.339 e. The number of hydrogen-bond donors (Lipinski definition) is 0. The van der Waals surface area contributed by atoms with Crippen LogP contribution in [0.1, 0.15) is 59.3 Å². The van der Waals surface area contributed by atoms with Crippen molar-refractivity contribution in [2.24, 2.45) is 0 Å². The van der Waals surface area contributed by atoms with Crippen LogP contribution in [0, 0.1) is 0 Å². The second-order valence-electron chi connectivity index (χ2n) is 9.12. The number of imidazole rings is 1. The van der Waals surface area contributed by atoms with Crippen molar-refractivity contribution in [1.82, 2.24) is 19.4 Å². The summed E-state index contributed by atoms with van der Waals surface area (Å²) in [5, 5.41) is 0.755. The van der Waals surface area contributed by atoms with Crippen LogP contribution in [0.4, 0.5) is 0 Å². The summed E-state index contributed by atoms with van der Waals surface area (Å²) >= 11 is 1.46. The average Bonchev–Trinajstić information content (AvgIpc) is 3.09. The molecule has 0 saturated carbocycles. The van der Waals surface area contributed by atoms with Gasteiger partial charge < -0.3 is 14.4 Å². The highest BCUT2D eigenvalue weighted by Crippen LogP contribution is 2.28. The Hall–Kier alpha value is -2.02. The SMILES string of the molecule is C[C@@H]1CCC[C@H](C)N1C(=O)Cn1c(SCC(=O)N2CCCC[C@@H]2C)nc2ccccc21. The number of carbonyl (C=O) groups excluding carboxylic acids is 2. The van der Waals surface area contributed by atoms with Crippen molar-refractivity contribution in [2.75, 3.05) is 12.3 Å². The lowest BCUT2D eigenvalue weighted by molar-refractivity contribution is -0.138. The van der Waals surface area contributed by atoms with Gasteiger partial charge in [0.05, 0.1) is 16.8 Å². The van der Waals surface area contributed by atoms with Crippen molar-refractivity contribution in [1.29, 1.82) is 0 Å². The Labute approximate surface area is 189 Å². The van der Waals surface area contributed by atoms with Crippen LogP contribution in [0.3, 0.4) is 0 Å². The van der Waals surface area contributed by atoms with Crippen molar-refractivity contribution in [3.05, 3.63) is 24.3 Å². The minimum atomic E-state index is 0.140. The van der Waals surface area contributed by atoms with Gasteiger partial charge in [-0.25, -0.2) is 4.98 Å². The summed E-state index contributed by atoms with van der Waals surface area (Å²) in [6.45, 7) is 7.55. The van der Waals surface area contributed by atoms with E-state index in [4.69, 9.17) is 4.98 Å². The number of likely N-dealkylation sites (tertiary alicyclic amines) is 2. The molecular formula is C24H34N4O2S. The molecule has 3 heterocycles. The van der Waals surface area contributed by atoms with E-state index < -0.39 is 0 Å². The Bertz CT molecular complexity index is 933. The topological polar surface area (TPSA) is 58.4 Å². The maximum atomic E-state index is 13.3. The fraction of sp³-hybridized carbons (Fsp3) is 0.625.